The predicted molar refractivity (Wildman–Crippen MR) is 111 cm³/mol. The second kappa shape index (κ2) is 7.70. The van der Waals surface area contributed by atoms with Crippen LogP contribution in [-0.2, 0) is 11.3 Å². The Labute approximate surface area is 172 Å². The molecule has 0 N–H and O–H groups in total. The smallest absolute Gasteiger partial charge is 0.277 e. The summed E-state index contributed by atoms with van der Waals surface area (Å²) in [5.41, 5.74) is 1.84. The molecule has 1 fully saturated rings. The van der Waals surface area contributed by atoms with E-state index in [9.17, 15) is 9.59 Å². The van der Waals surface area contributed by atoms with Crippen LogP contribution in [0.25, 0.3) is 22.0 Å². The largest absolute Gasteiger partial charge is 0.438 e. The van der Waals surface area contributed by atoms with Gasteiger partial charge in [-0.15, -0.1) is 5.10 Å². The van der Waals surface area contributed by atoms with Gasteiger partial charge >= 0.3 is 0 Å². The van der Waals surface area contributed by atoms with Crippen molar-refractivity contribution in [3.05, 3.63) is 64.8 Å². The molecule has 1 unspecified atom stereocenters. The first-order chi connectivity index (χ1) is 14.7. The summed E-state index contributed by atoms with van der Waals surface area (Å²) >= 11 is 0. The number of fused-ring (bicyclic) bond motifs is 2. The van der Waals surface area contributed by atoms with Gasteiger partial charge in [0, 0.05) is 13.0 Å². The van der Waals surface area contributed by atoms with Crippen LogP contribution in [0.15, 0.2) is 57.7 Å². The number of aromatic nitrogens is 4. The number of para-hydroxylation sites is 2. The number of hydrogen-bond donors (Lipinski definition) is 0. The second-order valence-corrected chi connectivity index (χ2v) is 7.50. The molecule has 1 aliphatic rings. The van der Waals surface area contributed by atoms with E-state index in [1.165, 1.54) is 4.68 Å². The molecule has 8 heteroatoms. The van der Waals surface area contributed by atoms with Gasteiger partial charge in [0.15, 0.2) is 5.58 Å². The second-order valence-electron chi connectivity index (χ2n) is 7.50. The van der Waals surface area contributed by atoms with Crippen LogP contribution in [0.4, 0.5) is 0 Å². The molecule has 8 nitrogen and oxygen atoms in total. The van der Waals surface area contributed by atoms with Gasteiger partial charge in [0.05, 0.1) is 11.9 Å². The van der Waals surface area contributed by atoms with Gasteiger partial charge in [-0.3, -0.25) is 9.59 Å². The first kappa shape index (κ1) is 18.5. The third-order valence-electron chi connectivity index (χ3n) is 5.59. The van der Waals surface area contributed by atoms with Gasteiger partial charge in [0.1, 0.15) is 17.1 Å². The van der Waals surface area contributed by atoms with Crippen molar-refractivity contribution in [1.82, 2.24) is 24.9 Å². The highest BCUT2D eigenvalue weighted by Crippen LogP contribution is 2.32. The highest BCUT2D eigenvalue weighted by molar-refractivity contribution is 5.78. The summed E-state index contributed by atoms with van der Waals surface area (Å²) in [5.74, 6) is 0.538. The Balaban J connectivity index is 1.35. The maximum Gasteiger partial charge on any atom is 0.277 e. The molecule has 1 amide bonds. The molecule has 0 bridgehead atoms. The molecule has 2 aromatic carbocycles. The molecule has 0 radical (unpaired) electrons. The summed E-state index contributed by atoms with van der Waals surface area (Å²) < 4.78 is 7.20. The number of hydrogen-bond acceptors (Lipinski definition) is 6. The molecule has 3 heterocycles. The summed E-state index contributed by atoms with van der Waals surface area (Å²) in [6.07, 6.45) is 2.94. The Morgan fingerprint density at radius 1 is 1.07 bits per heavy atom. The van der Waals surface area contributed by atoms with Gasteiger partial charge in [0.2, 0.25) is 11.8 Å². The van der Waals surface area contributed by atoms with Crippen molar-refractivity contribution in [2.24, 2.45) is 0 Å². The molecule has 30 heavy (non-hydrogen) atoms. The molecule has 4 aromatic rings. The molecule has 5 rings (SSSR count). The van der Waals surface area contributed by atoms with E-state index < -0.39 is 0 Å². The van der Waals surface area contributed by atoms with Crippen LogP contribution in [0.3, 0.4) is 0 Å². The summed E-state index contributed by atoms with van der Waals surface area (Å²) in [6, 6.07) is 14.5. The molecule has 1 saturated heterocycles. The number of rotatable bonds is 4. The summed E-state index contributed by atoms with van der Waals surface area (Å²) in [6.45, 7) is 0.840. The lowest BCUT2D eigenvalue weighted by Crippen LogP contribution is -2.39. The first-order valence-electron chi connectivity index (χ1n) is 10.2. The number of nitrogens with zero attached hydrogens (tertiary/aromatic N) is 5. The van der Waals surface area contributed by atoms with Gasteiger partial charge in [-0.1, -0.05) is 29.5 Å². The minimum absolute atomic E-state index is 0.0381. The van der Waals surface area contributed by atoms with E-state index in [2.05, 4.69) is 15.3 Å². The predicted octanol–water partition coefficient (Wildman–Crippen LogP) is 3.08. The lowest BCUT2D eigenvalue weighted by Gasteiger charge is -2.33. The Morgan fingerprint density at radius 3 is 2.73 bits per heavy atom. The number of aryl methyl sites for hydroxylation is 1. The highest BCUT2D eigenvalue weighted by atomic mass is 16.3. The van der Waals surface area contributed by atoms with Gasteiger partial charge in [-0.2, -0.15) is 0 Å². The highest BCUT2D eigenvalue weighted by Gasteiger charge is 2.31. The van der Waals surface area contributed by atoms with Crippen molar-refractivity contribution in [3.63, 3.8) is 0 Å². The van der Waals surface area contributed by atoms with Crippen LogP contribution in [0, 0.1) is 0 Å². The Bertz CT molecular complexity index is 1250. The number of oxazole rings is 1. The van der Waals surface area contributed by atoms with E-state index in [0.29, 0.717) is 23.3 Å². The Morgan fingerprint density at radius 2 is 1.87 bits per heavy atom. The van der Waals surface area contributed by atoms with Crippen LogP contribution < -0.4 is 5.56 Å². The lowest BCUT2D eigenvalue weighted by molar-refractivity contribution is -0.136. The topological polar surface area (TPSA) is 94.1 Å². The Kier molecular flexibility index (Phi) is 4.74. The van der Waals surface area contributed by atoms with Crippen molar-refractivity contribution >= 4 is 27.9 Å². The molecule has 2 aromatic heterocycles. The van der Waals surface area contributed by atoms with E-state index in [1.54, 1.807) is 18.2 Å². The minimum Gasteiger partial charge on any atom is -0.438 e. The van der Waals surface area contributed by atoms with Crippen molar-refractivity contribution in [1.29, 1.82) is 0 Å². The zero-order chi connectivity index (χ0) is 20.5. The van der Waals surface area contributed by atoms with Gasteiger partial charge in [-0.25, -0.2) is 9.67 Å². The fourth-order valence-electron chi connectivity index (χ4n) is 4.03. The average Bonchev–Trinajstić information content (AvgIpc) is 3.23. The fourth-order valence-corrected chi connectivity index (χ4v) is 4.03. The van der Waals surface area contributed by atoms with E-state index in [0.717, 1.165) is 30.4 Å². The number of likely N-dealkylation sites (tertiary alicyclic amines) is 1. The fraction of sp³-hybridized carbons (Fsp3) is 0.318. The van der Waals surface area contributed by atoms with Crippen molar-refractivity contribution < 1.29 is 9.21 Å². The normalized spacial score (nSPS) is 16.9. The quantitative estimate of drug-likeness (QED) is 0.520. The molecular formula is C22H21N5O3. The third kappa shape index (κ3) is 3.34. The minimum atomic E-state index is -0.234. The average molecular weight is 403 g/mol. The molecule has 0 aliphatic carbocycles. The van der Waals surface area contributed by atoms with Gasteiger partial charge in [-0.05, 0) is 43.5 Å². The third-order valence-corrected chi connectivity index (χ3v) is 5.59. The molecule has 1 aliphatic heterocycles. The number of carbonyl (C=O) groups excluding carboxylic acids is 1. The standard InChI is InChI=1S/C22H21N5O3/c28-20(12-14-27-22(29)15-7-1-2-8-16(15)24-25-27)26-13-6-5-10-18(26)21-23-17-9-3-4-11-19(17)30-21/h1-4,7-9,11,18H,5-6,10,12-14H2. The van der Waals surface area contributed by atoms with Crippen LogP contribution in [0.1, 0.15) is 37.6 Å². The molecule has 152 valence electrons. The Hall–Kier alpha value is -3.55. The van der Waals surface area contributed by atoms with Crippen LogP contribution in [0.5, 0.6) is 0 Å². The number of piperidine rings is 1. The van der Waals surface area contributed by atoms with E-state index >= 15 is 0 Å². The molecule has 0 saturated carbocycles. The number of benzene rings is 2. The van der Waals surface area contributed by atoms with Crippen molar-refractivity contribution in [3.8, 4) is 0 Å². The van der Waals surface area contributed by atoms with Crippen molar-refractivity contribution in [2.75, 3.05) is 6.54 Å². The monoisotopic (exact) mass is 403 g/mol. The maximum atomic E-state index is 13.0. The summed E-state index contributed by atoms with van der Waals surface area (Å²) in [4.78, 5) is 32.1. The number of amides is 1. The summed E-state index contributed by atoms with van der Waals surface area (Å²) in [7, 11) is 0. The van der Waals surface area contributed by atoms with Crippen LogP contribution in [-0.4, -0.2) is 37.3 Å². The van der Waals surface area contributed by atoms with E-state index in [-0.39, 0.29) is 30.5 Å². The first-order valence-corrected chi connectivity index (χ1v) is 10.2. The molecule has 1 atom stereocenters. The van der Waals surface area contributed by atoms with Crippen LogP contribution >= 0.6 is 0 Å². The zero-order valence-corrected chi connectivity index (χ0v) is 16.4. The van der Waals surface area contributed by atoms with Crippen LogP contribution in [0.2, 0.25) is 0 Å². The van der Waals surface area contributed by atoms with Crippen molar-refractivity contribution in [2.45, 2.75) is 38.3 Å². The zero-order valence-electron chi connectivity index (χ0n) is 16.4. The SMILES string of the molecule is O=C(CCn1nnc2ccccc2c1=O)N1CCCCC1c1nc2ccccc2o1. The lowest BCUT2D eigenvalue weighted by atomic mass is 10.0. The van der Waals surface area contributed by atoms with Gasteiger partial charge < -0.3 is 9.32 Å². The van der Waals surface area contributed by atoms with E-state index in [1.807, 2.05) is 35.2 Å². The number of carbonyl (C=O) groups is 1. The molecular weight excluding hydrogens is 382 g/mol. The van der Waals surface area contributed by atoms with E-state index in [4.69, 9.17) is 4.42 Å². The summed E-state index contributed by atoms with van der Waals surface area (Å²) in [5, 5.41) is 8.57. The molecule has 0 spiro atoms. The maximum absolute atomic E-state index is 13.0. The van der Waals surface area contributed by atoms with Gasteiger partial charge in [0.25, 0.3) is 5.56 Å².